The molecule has 0 aliphatic rings. The Balaban J connectivity index is 1.68. The highest BCUT2D eigenvalue weighted by molar-refractivity contribution is 7.21. The number of alkyl halides is 3. The van der Waals surface area contributed by atoms with Crippen LogP contribution in [0.3, 0.4) is 0 Å². The number of thiophene rings is 1. The minimum Gasteiger partial charge on any atom is -0.340 e. The van der Waals surface area contributed by atoms with Crippen LogP contribution in [0.15, 0.2) is 48.5 Å². The molecule has 7 heteroatoms. The summed E-state index contributed by atoms with van der Waals surface area (Å²) in [7, 11) is 0. The van der Waals surface area contributed by atoms with Crippen molar-refractivity contribution in [2.24, 2.45) is 0 Å². The predicted molar refractivity (Wildman–Crippen MR) is 97.5 cm³/mol. The molecule has 2 aromatic carbocycles. The lowest BCUT2D eigenvalue weighted by Crippen LogP contribution is -2.22. The fourth-order valence-corrected chi connectivity index (χ4v) is 3.72. The molecule has 1 aromatic heterocycles. The van der Waals surface area contributed by atoms with E-state index >= 15 is 0 Å². The Hall–Kier alpha value is -2.49. The van der Waals surface area contributed by atoms with Crippen molar-refractivity contribution in [1.82, 2.24) is 5.32 Å². The van der Waals surface area contributed by atoms with Gasteiger partial charge in [0.15, 0.2) is 0 Å². The van der Waals surface area contributed by atoms with Crippen LogP contribution in [-0.2, 0) is 6.18 Å². The van der Waals surface area contributed by atoms with Crippen molar-refractivity contribution in [3.8, 4) is 11.8 Å². The Morgan fingerprint density at radius 2 is 1.92 bits per heavy atom. The third-order valence-corrected chi connectivity index (χ3v) is 5.18. The first-order chi connectivity index (χ1) is 12.4. The average Bonchev–Trinajstić information content (AvgIpc) is 2.95. The molecule has 0 spiro atoms. The largest absolute Gasteiger partial charge is 0.416 e. The summed E-state index contributed by atoms with van der Waals surface area (Å²) in [6.07, 6.45) is -4.41. The van der Waals surface area contributed by atoms with Gasteiger partial charge in [0.2, 0.25) is 0 Å². The monoisotopic (exact) mass is 393 g/mol. The van der Waals surface area contributed by atoms with Crippen LogP contribution in [-0.4, -0.2) is 12.5 Å². The quantitative estimate of drug-likeness (QED) is 0.584. The van der Waals surface area contributed by atoms with E-state index in [4.69, 9.17) is 11.6 Å². The molecule has 0 aliphatic carbocycles. The molecular formula is C19H11ClF3NOS. The molecule has 0 aliphatic heterocycles. The lowest BCUT2D eigenvalue weighted by Gasteiger charge is -2.05. The SMILES string of the molecule is O=C(NCC#Cc1cccc(C(F)(F)F)c1)c1sc2ccccc2c1Cl. The first kappa shape index (κ1) is 18.3. The van der Waals surface area contributed by atoms with Crippen molar-refractivity contribution in [2.75, 3.05) is 6.54 Å². The molecule has 0 fully saturated rings. The van der Waals surface area contributed by atoms with Gasteiger partial charge in [-0.25, -0.2) is 0 Å². The Kier molecular flexibility index (Phi) is 5.21. The normalized spacial score (nSPS) is 11.1. The number of carbonyl (C=O) groups excluding carboxylic acids is 1. The van der Waals surface area contributed by atoms with Crippen LogP contribution in [0.4, 0.5) is 13.2 Å². The van der Waals surface area contributed by atoms with Gasteiger partial charge in [-0.1, -0.05) is 47.7 Å². The second kappa shape index (κ2) is 7.40. The summed E-state index contributed by atoms with van der Waals surface area (Å²) >= 11 is 7.50. The van der Waals surface area contributed by atoms with E-state index in [1.165, 1.54) is 23.5 Å². The summed E-state index contributed by atoms with van der Waals surface area (Å²) in [6.45, 7) is -0.000344. The lowest BCUT2D eigenvalue weighted by molar-refractivity contribution is -0.137. The number of hydrogen-bond donors (Lipinski definition) is 1. The molecule has 132 valence electrons. The standard InChI is InChI=1S/C19H11ClF3NOS/c20-16-14-8-1-2-9-15(14)26-17(16)18(25)24-10-4-6-12-5-3-7-13(11-12)19(21,22)23/h1-3,5,7-9,11H,10H2,(H,24,25). The Morgan fingerprint density at radius 3 is 2.65 bits per heavy atom. The number of hydrogen-bond acceptors (Lipinski definition) is 2. The van der Waals surface area contributed by atoms with Gasteiger partial charge in [0.25, 0.3) is 5.91 Å². The van der Waals surface area contributed by atoms with E-state index in [0.717, 1.165) is 22.2 Å². The topological polar surface area (TPSA) is 29.1 Å². The van der Waals surface area contributed by atoms with E-state index in [1.54, 1.807) is 0 Å². The third kappa shape index (κ3) is 4.01. The molecule has 1 amide bonds. The van der Waals surface area contributed by atoms with Crippen LogP contribution in [0.25, 0.3) is 10.1 Å². The maximum Gasteiger partial charge on any atom is 0.416 e. The molecule has 26 heavy (non-hydrogen) atoms. The first-order valence-corrected chi connectivity index (χ1v) is 8.67. The van der Waals surface area contributed by atoms with Crippen molar-refractivity contribution >= 4 is 38.9 Å². The average molecular weight is 394 g/mol. The van der Waals surface area contributed by atoms with Crippen LogP contribution in [0, 0.1) is 11.8 Å². The van der Waals surface area contributed by atoms with Crippen LogP contribution in [0.2, 0.25) is 5.02 Å². The summed E-state index contributed by atoms with van der Waals surface area (Å²) in [5.74, 6) is 4.89. The lowest BCUT2D eigenvalue weighted by atomic mass is 10.1. The fraction of sp³-hybridized carbons (Fsp3) is 0.105. The molecule has 2 nitrogen and oxygen atoms in total. The van der Waals surface area contributed by atoms with E-state index in [-0.39, 0.29) is 18.0 Å². The molecule has 3 aromatic rings. The number of fused-ring (bicyclic) bond motifs is 1. The van der Waals surface area contributed by atoms with Gasteiger partial charge in [-0.3, -0.25) is 4.79 Å². The third-order valence-electron chi connectivity index (χ3n) is 3.50. The van der Waals surface area contributed by atoms with Gasteiger partial charge in [0.05, 0.1) is 17.1 Å². The molecule has 0 saturated heterocycles. The Bertz CT molecular complexity index is 1030. The number of halogens is 4. The van der Waals surface area contributed by atoms with Gasteiger partial charge in [-0.2, -0.15) is 13.2 Å². The van der Waals surface area contributed by atoms with Crippen molar-refractivity contribution in [1.29, 1.82) is 0 Å². The van der Waals surface area contributed by atoms with Crippen LogP contribution >= 0.6 is 22.9 Å². The van der Waals surface area contributed by atoms with E-state index in [0.29, 0.717) is 9.90 Å². The molecule has 1 N–H and O–H groups in total. The zero-order valence-corrected chi connectivity index (χ0v) is 14.7. The van der Waals surface area contributed by atoms with Crippen molar-refractivity contribution in [3.05, 3.63) is 69.6 Å². The molecule has 0 radical (unpaired) electrons. The van der Waals surface area contributed by atoms with Gasteiger partial charge in [0, 0.05) is 15.6 Å². The Labute approximate surface area is 156 Å². The van der Waals surface area contributed by atoms with E-state index in [2.05, 4.69) is 17.2 Å². The molecule has 0 saturated carbocycles. The van der Waals surface area contributed by atoms with Crippen molar-refractivity contribution < 1.29 is 18.0 Å². The number of nitrogens with one attached hydrogen (secondary N) is 1. The highest BCUT2D eigenvalue weighted by Crippen LogP contribution is 2.35. The van der Waals surface area contributed by atoms with Gasteiger partial charge in [-0.05, 0) is 24.3 Å². The van der Waals surface area contributed by atoms with Crippen molar-refractivity contribution in [3.63, 3.8) is 0 Å². The molecule has 0 atom stereocenters. The first-order valence-electron chi connectivity index (χ1n) is 7.47. The minimum absolute atomic E-state index is 0.000344. The molecule has 0 unspecified atom stereocenters. The van der Waals surface area contributed by atoms with Gasteiger partial charge in [0.1, 0.15) is 4.88 Å². The molecule has 0 bridgehead atoms. The highest BCUT2D eigenvalue weighted by Gasteiger charge is 2.30. The van der Waals surface area contributed by atoms with Gasteiger partial charge < -0.3 is 5.32 Å². The summed E-state index contributed by atoms with van der Waals surface area (Å²) in [6, 6.07) is 12.1. The predicted octanol–water partition coefficient (Wildman–Crippen LogP) is 5.36. The van der Waals surface area contributed by atoms with Crippen LogP contribution in [0.5, 0.6) is 0 Å². The molecule has 1 heterocycles. The maximum atomic E-state index is 12.7. The second-order valence-corrected chi connectivity index (χ2v) is 6.73. The van der Waals surface area contributed by atoms with E-state index < -0.39 is 11.7 Å². The Morgan fingerprint density at radius 1 is 1.15 bits per heavy atom. The zero-order valence-electron chi connectivity index (χ0n) is 13.2. The molecular weight excluding hydrogens is 383 g/mol. The minimum atomic E-state index is -4.41. The summed E-state index contributed by atoms with van der Waals surface area (Å²) in [5, 5.41) is 3.80. The van der Waals surface area contributed by atoms with Crippen LogP contribution in [0.1, 0.15) is 20.8 Å². The second-order valence-electron chi connectivity index (χ2n) is 5.30. The van der Waals surface area contributed by atoms with E-state index in [1.807, 2.05) is 24.3 Å². The number of rotatable bonds is 2. The summed E-state index contributed by atoms with van der Waals surface area (Å²) in [5.41, 5.74) is -0.528. The van der Waals surface area contributed by atoms with Crippen LogP contribution < -0.4 is 5.32 Å². The summed E-state index contributed by atoms with van der Waals surface area (Å²) < 4.78 is 38.9. The maximum absolute atomic E-state index is 12.7. The number of carbonyl (C=O) groups is 1. The zero-order chi connectivity index (χ0) is 18.7. The molecule has 3 rings (SSSR count). The number of benzene rings is 2. The van der Waals surface area contributed by atoms with E-state index in [9.17, 15) is 18.0 Å². The summed E-state index contributed by atoms with van der Waals surface area (Å²) in [4.78, 5) is 12.6. The van der Waals surface area contributed by atoms with Crippen molar-refractivity contribution in [2.45, 2.75) is 6.18 Å². The number of amides is 1. The van der Waals surface area contributed by atoms with Gasteiger partial charge >= 0.3 is 6.18 Å². The smallest absolute Gasteiger partial charge is 0.340 e. The van der Waals surface area contributed by atoms with Gasteiger partial charge in [-0.15, -0.1) is 11.3 Å². The fourth-order valence-electron chi connectivity index (χ4n) is 2.28. The highest BCUT2D eigenvalue weighted by atomic mass is 35.5.